The molecular weight excluding hydrogens is 178 g/mol. The smallest absolute Gasteiger partial charge is 0.146 e. The van der Waals surface area contributed by atoms with Crippen molar-refractivity contribution in [3.05, 3.63) is 0 Å². The van der Waals surface area contributed by atoms with Gasteiger partial charge in [-0.05, 0) is 46.1 Å². The summed E-state index contributed by atoms with van der Waals surface area (Å²) in [5.41, 5.74) is 0. The maximum Gasteiger partial charge on any atom is 0.146 e. The fourth-order valence-corrected chi connectivity index (χ4v) is 2.24. The molecule has 3 heteroatoms. The minimum atomic E-state index is 0.0567. The summed E-state index contributed by atoms with van der Waals surface area (Å²) in [4.78, 5) is 13.5. The van der Waals surface area contributed by atoms with Crippen molar-refractivity contribution >= 4 is 5.78 Å². The highest BCUT2D eigenvalue weighted by atomic mass is 16.2. The lowest BCUT2D eigenvalue weighted by atomic mass is 10.1. The number of Topliss-reactive ketones (excluding diaryl/α,β-unsaturated/α-hetero) is 1. The summed E-state index contributed by atoms with van der Waals surface area (Å²) in [5, 5.41) is 8.78. The zero-order chi connectivity index (χ0) is 10.6. The first-order chi connectivity index (χ1) is 6.66. The van der Waals surface area contributed by atoms with Crippen LogP contribution in [0.5, 0.6) is 0 Å². The third-order valence-corrected chi connectivity index (χ3v) is 3.20. The molecule has 14 heavy (non-hydrogen) atoms. The summed E-state index contributed by atoms with van der Waals surface area (Å²) in [6, 6.07) is 0.572. The molecule has 0 bridgehead atoms. The fraction of sp³-hybridized carbons (Fsp3) is 0.909. The molecular formula is C11H21NO2. The van der Waals surface area contributed by atoms with E-state index in [9.17, 15) is 4.79 Å². The van der Waals surface area contributed by atoms with E-state index in [1.807, 2.05) is 6.92 Å². The zero-order valence-electron chi connectivity index (χ0n) is 9.20. The number of aliphatic hydroxyl groups is 1. The highest BCUT2D eigenvalue weighted by Gasteiger charge is 2.29. The number of hydrogen-bond acceptors (Lipinski definition) is 3. The van der Waals surface area contributed by atoms with Crippen molar-refractivity contribution in [1.29, 1.82) is 0 Å². The topological polar surface area (TPSA) is 40.5 Å². The number of ketones is 1. The summed E-state index contributed by atoms with van der Waals surface area (Å²) in [5.74, 6) is 0.251. The second-order valence-electron chi connectivity index (χ2n) is 4.19. The van der Waals surface area contributed by atoms with Crippen LogP contribution in [-0.2, 0) is 4.79 Å². The van der Waals surface area contributed by atoms with Gasteiger partial charge < -0.3 is 5.11 Å². The van der Waals surface area contributed by atoms with Crippen molar-refractivity contribution in [3.8, 4) is 0 Å². The van der Waals surface area contributed by atoms with E-state index in [4.69, 9.17) is 5.11 Å². The summed E-state index contributed by atoms with van der Waals surface area (Å²) in [6.45, 7) is 4.95. The van der Waals surface area contributed by atoms with Gasteiger partial charge in [0.2, 0.25) is 0 Å². The van der Waals surface area contributed by atoms with Crippen molar-refractivity contribution < 1.29 is 9.90 Å². The van der Waals surface area contributed by atoms with Crippen LogP contribution in [0.2, 0.25) is 0 Å². The number of aliphatic hydroxyl groups excluding tert-OH is 1. The SMILES string of the molecule is CC(=O)C(C)N1CCCC1CCCO. The molecule has 1 heterocycles. The number of nitrogens with zero attached hydrogens (tertiary/aromatic N) is 1. The number of rotatable bonds is 5. The van der Waals surface area contributed by atoms with E-state index in [1.165, 1.54) is 12.8 Å². The van der Waals surface area contributed by atoms with Crippen LogP contribution in [-0.4, -0.2) is 41.0 Å². The molecule has 2 atom stereocenters. The summed E-state index contributed by atoms with van der Waals surface area (Å²) in [7, 11) is 0. The Morgan fingerprint density at radius 2 is 2.36 bits per heavy atom. The van der Waals surface area contributed by atoms with Crippen LogP contribution in [0.4, 0.5) is 0 Å². The molecule has 3 nitrogen and oxygen atoms in total. The van der Waals surface area contributed by atoms with Crippen molar-refractivity contribution in [2.75, 3.05) is 13.2 Å². The molecule has 0 saturated carbocycles. The molecule has 1 aliphatic heterocycles. The zero-order valence-corrected chi connectivity index (χ0v) is 9.20. The standard InChI is InChI=1S/C11H21NO2/c1-9(10(2)14)12-7-3-5-11(12)6-4-8-13/h9,11,13H,3-8H2,1-2H3. The third-order valence-electron chi connectivity index (χ3n) is 3.20. The van der Waals surface area contributed by atoms with Gasteiger partial charge in [-0.1, -0.05) is 0 Å². The lowest BCUT2D eigenvalue weighted by molar-refractivity contribution is -0.122. The van der Waals surface area contributed by atoms with Gasteiger partial charge >= 0.3 is 0 Å². The van der Waals surface area contributed by atoms with Gasteiger partial charge in [0, 0.05) is 12.6 Å². The molecule has 0 aromatic heterocycles. The van der Waals surface area contributed by atoms with Gasteiger partial charge in [0.25, 0.3) is 0 Å². The van der Waals surface area contributed by atoms with Crippen molar-refractivity contribution in [2.24, 2.45) is 0 Å². The van der Waals surface area contributed by atoms with E-state index in [0.717, 1.165) is 19.4 Å². The minimum absolute atomic E-state index is 0.0567. The molecule has 1 rings (SSSR count). The lowest BCUT2D eigenvalue weighted by Crippen LogP contribution is -2.41. The Labute approximate surface area is 86.1 Å². The molecule has 0 aromatic rings. The first kappa shape index (κ1) is 11.7. The van der Waals surface area contributed by atoms with E-state index in [1.54, 1.807) is 6.92 Å². The minimum Gasteiger partial charge on any atom is -0.396 e. The Bertz CT molecular complexity index is 194. The Morgan fingerprint density at radius 1 is 1.64 bits per heavy atom. The fourth-order valence-electron chi connectivity index (χ4n) is 2.24. The van der Waals surface area contributed by atoms with Crippen molar-refractivity contribution in [2.45, 2.75) is 51.6 Å². The average molecular weight is 199 g/mol. The van der Waals surface area contributed by atoms with E-state index in [2.05, 4.69) is 4.90 Å². The predicted octanol–water partition coefficient (Wildman–Crippen LogP) is 1.20. The Kier molecular flexibility index (Phi) is 4.55. The van der Waals surface area contributed by atoms with E-state index < -0.39 is 0 Å². The highest BCUT2D eigenvalue weighted by Crippen LogP contribution is 2.23. The molecule has 2 unspecified atom stereocenters. The molecule has 1 saturated heterocycles. The van der Waals surface area contributed by atoms with E-state index in [0.29, 0.717) is 6.04 Å². The second kappa shape index (κ2) is 5.47. The number of hydrogen-bond donors (Lipinski definition) is 1. The quantitative estimate of drug-likeness (QED) is 0.723. The molecule has 0 aliphatic carbocycles. The van der Waals surface area contributed by atoms with Gasteiger partial charge in [-0.15, -0.1) is 0 Å². The monoisotopic (exact) mass is 199 g/mol. The Hall–Kier alpha value is -0.410. The van der Waals surface area contributed by atoms with Crippen LogP contribution in [0, 0.1) is 0 Å². The van der Waals surface area contributed by atoms with Gasteiger partial charge in [-0.2, -0.15) is 0 Å². The van der Waals surface area contributed by atoms with Gasteiger partial charge in [0.1, 0.15) is 5.78 Å². The third kappa shape index (κ3) is 2.79. The number of likely N-dealkylation sites (tertiary alicyclic amines) is 1. The van der Waals surface area contributed by atoms with Gasteiger partial charge in [-0.3, -0.25) is 9.69 Å². The molecule has 1 fully saturated rings. The summed E-state index contributed by atoms with van der Waals surface area (Å²) in [6.07, 6.45) is 4.24. The summed E-state index contributed by atoms with van der Waals surface area (Å²) < 4.78 is 0. The van der Waals surface area contributed by atoms with Gasteiger partial charge in [-0.25, -0.2) is 0 Å². The highest BCUT2D eigenvalue weighted by molar-refractivity contribution is 5.81. The van der Waals surface area contributed by atoms with Crippen molar-refractivity contribution in [3.63, 3.8) is 0 Å². The largest absolute Gasteiger partial charge is 0.396 e. The lowest BCUT2D eigenvalue weighted by Gasteiger charge is -2.28. The van der Waals surface area contributed by atoms with Crippen LogP contribution in [0.1, 0.15) is 39.5 Å². The van der Waals surface area contributed by atoms with Crippen LogP contribution in [0.25, 0.3) is 0 Å². The molecule has 0 aromatic carbocycles. The van der Waals surface area contributed by atoms with Crippen LogP contribution >= 0.6 is 0 Å². The second-order valence-corrected chi connectivity index (χ2v) is 4.19. The Balaban J connectivity index is 2.46. The maximum absolute atomic E-state index is 11.3. The van der Waals surface area contributed by atoms with Crippen molar-refractivity contribution in [1.82, 2.24) is 4.90 Å². The maximum atomic E-state index is 11.3. The predicted molar refractivity (Wildman–Crippen MR) is 56.2 cm³/mol. The number of carbonyl (C=O) groups is 1. The van der Waals surface area contributed by atoms with Crippen LogP contribution < -0.4 is 0 Å². The molecule has 0 radical (unpaired) electrons. The number of carbonyl (C=O) groups excluding carboxylic acids is 1. The molecule has 82 valence electrons. The normalized spacial score (nSPS) is 25.2. The van der Waals surface area contributed by atoms with Gasteiger partial charge in [0.05, 0.1) is 6.04 Å². The molecule has 0 amide bonds. The molecule has 0 spiro atoms. The van der Waals surface area contributed by atoms with E-state index >= 15 is 0 Å². The first-order valence-corrected chi connectivity index (χ1v) is 5.54. The van der Waals surface area contributed by atoms with E-state index in [-0.39, 0.29) is 18.4 Å². The first-order valence-electron chi connectivity index (χ1n) is 5.54. The average Bonchev–Trinajstić information content (AvgIpc) is 2.61. The van der Waals surface area contributed by atoms with Crippen LogP contribution in [0.3, 0.4) is 0 Å². The summed E-state index contributed by atoms with van der Waals surface area (Å²) >= 11 is 0. The Morgan fingerprint density at radius 3 is 2.93 bits per heavy atom. The molecule has 1 N–H and O–H groups in total. The molecule has 1 aliphatic rings. The van der Waals surface area contributed by atoms with Crippen LogP contribution in [0.15, 0.2) is 0 Å². The van der Waals surface area contributed by atoms with Gasteiger partial charge in [0.15, 0.2) is 0 Å².